The third-order valence-electron chi connectivity index (χ3n) is 2.75. The predicted octanol–water partition coefficient (Wildman–Crippen LogP) is 4.41. The Bertz CT molecular complexity index is 620. The van der Waals surface area contributed by atoms with Crippen molar-refractivity contribution in [1.82, 2.24) is 0 Å². The summed E-state index contributed by atoms with van der Waals surface area (Å²) in [7, 11) is 0. The van der Waals surface area contributed by atoms with E-state index in [4.69, 9.17) is 4.42 Å². The van der Waals surface area contributed by atoms with E-state index in [1.165, 1.54) is 16.5 Å². The highest BCUT2D eigenvalue weighted by atomic mass is 16.3. The summed E-state index contributed by atoms with van der Waals surface area (Å²) in [5.41, 5.74) is 3.43. The number of hydrogen-bond acceptors (Lipinski definition) is 1. The van der Waals surface area contributed by atoms with E-state index in [0.29, 0.717) is 0 Å². The second kappa shape index (κ2) is 3.53. The molecule has 0 amide bonds. The zero-order valence-corrected chi connectivity index (χ0v) is 9.10. The van der Waals surface area contributed by atoms with Gasteiger partial charge in [-0.1, -0.05) is 36.4 Å². The zero-order chi connectivity index (χ0) is 11.0. The quantitative estimate of drug-likeness (QED) is 0.577. The van der Waals surface area contributed by atoms with Crippen molar-refractivity contribution < 1.29 is 4.42 Å². The van der Waals surface area contributed by atoms with Crippen molar-refractivity contribution >= 4 is 11.0 Å². The van der Waals surface area contributed by atoms with Gasteiger partial charge in [-0.05, 0) is 36.2 Å². The van der Waals surface area contributed by atoms with E-state index in [9.17, 15) is 0 Å². The van der Waals surface area contributed by atoms with Crippen LogP contribution in [0.3, 0.4) is 0 Å². The van der Waals surface area contributed by atoms with Crippen LogP contribution in [0.25, 0.3) is 22.1 Å². The second-order valence-corrected chi connectivity index (χ2v) is 3.98. The first-order valence-electron chi connectivity index (χ1n) is 5.38. The van der Waals surface area contributed by atoms with Crippen LogP contribution < -0.4 is 0 Å². The monoisotopic (exact) mass is 208 g/mol. The van der Waals surface area contributed by atoms with Gasteiger partial charge in [0.15, 0.2) is 0 Å². The molecule has 3 aromatic rings. The highest BCUT2D eigenvalue weighted by Crippen LogP contribution is 2.26. The van der Waals surface area contributed by atoms with Gasteiger partial charge in [-0.3, -0.25) is 0 Å². The lowest BCUT2D eigenvalue weighted by Crippen LogP contribution is -1.75. The largest absolute Gasteiger partial charge is 0.461 e. The smallest absolute Gasteiger partial charge is 0.134 e. The third kappa shape index (κ3) is 1.50. The first-order chi connectivity index (χ1) is 7.83. The van der Waals surface area contributed by atoms with Crippen LogP contribution in [0.2, 0.25) is 0 Å². The second-order valence-electron chi connectivity index (χ2n) is 3.98. The molecule has 0 spiro atoms. The van der Waals surface area contributed by atoms with Gasteiger partial charge in [0.2, 0.25) is 0 Å². The van der Waals surface area contributed by atoms with Crippen molar-refractivity contribution in [3.8, 4) is 11.1 Å². The summed E-state index contributed by atoms with van der Waals surface area (Å²) in [6.07, 6.45) is 0. The molecule has 0 bridgehead atoms. The van der Waals surface area contributed by atoms with E-state index >= 15 is 0 Å². The van der Waals surface area contributed by atoms with E-state index in [2.05, 4.69) is 42.5 Å². The first kappa shape index (κ1) is 9.22. The predicted molar refractivity (Wildman–Crippen MR) is 66.4 cm³/mol. The number of hydrogen-bond donors (Lipinski definition) is 0. The summed E-state index contributed by atoms with van der Waals surface area (Å²) in [6, 6.07) is 18.8. The molecule has 0 aliphatic heterocycles. The average Bonchev–Trinajstić information content (AvgIpc) is 2.69. The van der Waals surface area contributed by atoms with E-state index < -0.39 is 0 Å². The molecular weight excluding hydrogens is 196 g/mol. The molecule has 0 radical (unpaired) electrons. The van der Waals surface area contributed by atoms with Crippen LogP contribution in [0.1, 0.15) is 5.76 Å². The lowest BCUT2D eigenvalue weighted by molar-refractivity contribution is 0.578. The Morgan fingerprint density at radius 3 is 2.44 bits per heavy atom. The fraction of sp³-hybridized carbons (Fsp3) is 0.0667. The summed E-state index contributed by atoms with van der Waals surface area (Å²) in [5, 5.41) is 1.17. The van der Waals surface area contributed by atoms with Gasteiger partial charge in [0.25, 0.3) is 0 Å². The van der Waals surface area contributed by atoms with Gasteiger partial charge in [-0.2, -0.15) is 0 Å². The van der Waals surface area contributed by atoms with Gasteiger partial charge >= 0.3 is 0 Å². The standard InChI is InChI=1S/C15H12O/c1-11-9-14-10-13(7-8-15(14)16-11)12-5-3-2-4-6-12/h2-10H,1H3. The van der Waals surface area contributed by atoms with Crippen LogP contribution in [0.15, 0.2) is 59.0 Å². The average molecular weight is 208 g/mol. The van der Waals surface area contributed by atoms with Crippen molar-refractivity contribution in [3.05, 3.63) is 60.4 Å². The maximum Gasteiger partial charge on any atom is 0.134 e. The molecule has 0 saturated heterocycles. The molecule has 0 N–H and O–H groups in total. The molecule has 1 heteroatoms. The van der Waals surface area contributed by atoms with E-state index in [-0.39, 0.29) is 0 Å². The molecule has 2 aromatic carbocycles. The Morgan fingerprint density at radius 1 is 0.812 bits per heavy atom. The van der Waals surface area contributed by atoms with Crippen LogP contribution in [0.5, 0.6) is 0 Å². The first-order valence-corrected chi connectivity index (χ1v) is 5.38. The van der Waals surface area contributed by atoms with Gasteiger partial charge in [0.05, 0.1) is 0 Å². The molecule has 0 aliphatic rings. The van der Waals surface area contributed by atoms with E-state index in [1.54, 1.807) is 0 Å². The molecule has 0 saturated carbocycles. The van der Waals surface area contributed by atoms with E-state index in [0.717, 1.165) is 11.3 Å². The number of fused-ring (bicyclic) bond motifs is 1. The van der Waals surface area contributed by atoms with Crippen molar-refractivity contribution in [2.24, 2.45) is 0 Å². The summed E-state index contributed by atoms with van der Waals surface area (Å²) in [6.45, 7) is 1.97. The minimum atomic E-state index is 0.956. The Kier molecular flexibility index (Phi) is 2.03. The van der Waals surface area contributed by atoms with Gasteiger partial charge in [0, 0.05) is 5.39 Å². The summed E-state index contributed by atoms with van der Waals surface area (Å²) in [4.78, 5) is 0. The Labute approximate surface area is 94.3 Å². The number of benzene rings is 2. The Balaban J connectivity index is 2.18. The van der Waals surface area contributed by atoms with Crippen LogP contribution in [-0.4, -0.2) is 0 Å². The maximum atomic E-state index is 5.56. The van der Waals surface area contributed by atoms with Crippen molar-refractivity contribution in [2.45, 2.75) is 6.92 Å². The molecule has 0 aliphatic carbocycles. The van der Waals surface area contributed by atoms with Crippen LogP contribution in [0, 0.1) is 6.92 Å². The molecule has 0 unspecified atom stereocenters. The normalized spacial score (nSPS) is 10.8. The minimum Gasteiger partial charge on any atom is -0.461 e. The molecule has 16 heavy (non-hydrogen) atoms. The van der Waals surface area contributed by atoms with Crippen LogP contribution >= 0.6 is 0 Å². The van der Waals surface area contributed by atoms with Crippen molar-refractivity contribution in [1.29, 1.82) is 0 Å². The molecule has 1 aromatic heterocycles. The molecular formula is C15H12O. The number of aryl methyl sites for hydroxylation is 1. The minimum absolute atomic E-state index is 0.956. The molecule has 1 heterocycles. The molecule has 0 atom stereocenters. The molecule has 78 valence electrons. The van der Waals surface area contributed by atoms with Crippen molar-refractivity contribution in [2.75, 3.05) is 0 Å². The number of rotatable bonds is 1. The Morgan fingerprint density at radius 2 is 1.62 bits per heavy atom. The summed E-state index contributed by atoms with van der Waals surface area (Å²) >= 11 is 0. The fourth-order valence-electron chi connectivity index (χ4n) is 1.99. The molecule has 3 rings (SSSR count). The number of furan rings is 1. The van der Waals surface area contributed by atoms with E-state index in [1.807, 2.05) is 19.1 Å². The van der Waals surface area contributed by atoms with Crippen molar-refractivity contribution in [3.63, 3.8) is 0 Å². The highest BCUT2D eigenvalue weighted by Gasteiger charge is 2.02. The zero-order valence-electron chi connectivity index (χ0n) is 9.10. The topological polar surface area (TPSA) is 13.1 Å². The van der Waals surface area contributed by atoms with Crippen LogP contribution in [-0.2, 0) is 0 Å². The summed E-state index contributed by atoms with van der Waals surface area (Å²) < 4.78 is 5.56. The van der Waals surface area contributed by atoms with Gasteiger partial charge in [-0.25, -0.2) is 0 Å². The molecule has 0 fully saturated rings. The molecule has 1 nitrogen and oxygen atoms in total. The lowest BCUT2D eigenvalue weighted by Gasteiger charge is -2.00. The summed E-state index contributed by atoms with van der Waals surface area (Å²) in [5.74, 6) is 0.959. The lowest BCUT2D eigenvalue weighted by atomic mass is 10.0. The van der Waals surface area contributed by atoms with Gasteiger partial charge < -0.3 is 4.42 Å². The van der Waals surface area contributed by atoms with Crippen LogP contribution in [0.4, 0.5) is 0 Å². The Hall–Kier alpha value is -2.02. The highest BCUT2D eigenvalue weighted by molar-refractivity contribution is 5.84. The SMILES string of the molecule is Cc1cc2cc(-c3ccccc3)ccc2o1. The maximum absolute atomic E-state index is 5.56. The third-order valence-corrected chi connectivity index (χ3v) is 2.75. The van der Waals surface area contributed by atoms with Gasteiger partial charge in [-0.15, -0.1) is 0 Å². The van der Waals surface area contributed by atoms with Gasteiger partial charge in [0.1, 0.15) is 11.3 Å². The fourth-order valence-corrected chi connectivity index (χ4v) is 1.99.